The minimum Gasteiger partial charge on any atom is -0.507 e. The summed E-state index contributed by atoms with van der Waals surface area (Å²) in [4.78, 5) is 0. The summed E-state index contributed by atoms with van der Waals surface area (Å²) in [6.45, 7) is 15.8. The Hall–Kier alpha value is -1.96. The summed E-state index contributed by atoms with van der Waals surface area (Å²) < 4.78 is 0. The van der Waals surface area contributed by atoms with Crippen molar-refractivity contribution in [3.63, 3.8) is 0 Å². The highest BCUT2D eigenvalue weighted by molar-refractivity contribution is 5.48. The molecule has 0 spiro atoms. The zero-order valence-electron chi connectivity index (χ0n) is 15.0. The van der Waals surface area contributed by atoms with Gasteiger partial charge in [0.05, 0.1) is 0 Å². The van der Waals surface area contributed by atoms with Crippen molar-refractivity contribution in [3.8, 4) is 11.5 Å². The second kappa shape index (κ2) is 6.87. The fraction of sp³-hybridized carbons (Fsp3) is 0.400. The van der Waals surface area contributed by atoms with Gasteiger partial charge < -0.3 is 10.2 Å². The van der Waals surface area contributed by atoms with Crippen LogP contribution in [0.4, 0.5) is 0 Å². The normalized spacial score (nSPS) is 10.2. The first kappa shape index (κ1) is 18.1. The van der Waals surface area contributed by atoms with Crippen LogP contribution in [0.1, 0.15) is 44.5 Å². The number of rotatable bonds is 0. The van der Waals surface area contributed by atoms with Crippen molar-refractivity contribution >= 4 is 0 Å². The lowest BCUT2D eigenvalue weighted by Crippen LogP contribution is -1.88. The Kier molecular flexibility index (Phi) is 5.65. The van der Waals surface area contributed by atoms with Gasteiger partial charge >= 0.3 is 0 Å². The van der Waals surface area contributed by atoms with Gasteiger partial charge in [-0.05, 0) is 99.9 Å². The van der Waals surface area contributed by atoms with Crippen molar-refractivity contribution in [2.45, 2.75) is 55.4 Å². The Morgan fingerprint density at radius 3 is 0.818 bits per heavy atom. The van der Waals surface area contributed by atoms with Crippen LogP contribution < -0.4 is 0 Å². The smallest absolute Gasteiger partial charge is 0.121 e. The maximum absolute atomic E-state index is 9.57. The monoisotopic (exact) mass is 300 g/mol. The summed E-state index contributed by atoms with van der Waals surface area (Å²) in [5, 5.41) is 19.1. The highest BCUT2D eigenvalue weighted by Crippen LogP contribution is 2.27. The van der Waals surface area contributed by atoms with Crippen molar-refractivity contribution in [3.05, 3.63) is 56.6 Å². The van der Waals surface area contributed by atoms with Gasteiger partial charge in [-0.2, -0.15) is 0 Å². The molecule has 0 amide bonds. The molecule has 0 aromatic heterocycles. The first-order valence-corrected chi connectivity index (χ1v) is 7.60. The standard InChI is InChI=1S/2C10H14O/c2*1-6-5-7(2)9(4)10(11)8(6)3/h2*5,11H,1-4H3. The summed E-state index contributed by atoms with van der Waals surface area (Å²) in [5.41, 5.74) is 8.61. The molecule has 120 valence electrons. The number of hydrogen-bond donors (Lipinski definition) is 2. The third-order valence-electron chi connectivity index (χ3n) is 4.65. The maximum Gasteiger partial charge on any atom is 0.121 e. The molecular formula is C20H28O2. The van der Waals surface area contributed by atoms with Crippen molar-refractivity contribution in [2.24, 2.45) is 0 Å². The third kappa shape index (κ3) is 3.62. The number of phenolic OH excluding ortho intramolecular Hbond substituents is 2. The van der Waals surface area contributed by atoms with Crippen molar-refractivity contribution in [2.75, 3.05) is 0 Å². The first-order valence-electron chi connectivity index (χ1n) is 7.60. The van der Waals surface area contributed by atoms with E-state index in [4.69, 9.17) is 0 Å². The van der Waals surface area contributed by atoms with Crippen LogP contribution in [0.3, 0.4) is 0 Å². The highest BCUT2D eigenvalue weighted by atomic mass is 16.3. The Morgan fingerprint density at radius 2 is 0.636 bits per heavy atom. The van der Waals surface area contributed by atoms with E-state index in [2.05, 4.69) is 12.1 Å². The molecule has 0 atom stereocenters. The fourth-order valence-electron chi connectivity index (χ4n) is 2.39. The molecule has 0 aliphatic heterocycles. The number of aryl methyl sites for hydroxylation is 4. The molecule has 0 fully saturated rings. The number of phenols is 2. The van der Waals surface area contributed by atoms with Gasteiger partial charge in [-0.15, -0.1) is 0 Å². The molecule has 2 aromatic rings. The van der Waals surface area contributed by atoms with Gasteiger partial charge in [-0.3, -0.25) is 0 Å². The van der Waals surface area contributed by atoms with Crippen LogP contribution in [0, 0.1) is 55.4 Å². The lowest BCUT2D eigenvalue weighted by molar-refractivity contribution is 0.465. The predicted molar refractivity (Wildman–Crippen MR) is 94.1 cm³/mol. The Morgan fingerprint density at radius 1 is 0.455 bits per heavy atom. The van der Waals surface area contributed by atoms with Crippen LogP contribution in [0.2, 0.25) is 0 Å². The van der Waals surface area contributed by atoms with Gasteiger partial charge in [0.15, 0.2) is 0 Å². The molecule has 0 saturated heterocycles. The topological polar surface area (TPSA) is 40.5 Å². The maximum atomic E-state index is 9.57. The first-order chi connectivity index (χ1) is 10.1. The van der Waals surface area contributed by atoms with Crippen LogP contribution in [0.5, 0.6) is 11.5 Å². The van der Waals surface area contributed by atoms with Crippen LogP contribution in [0.15, 0.2) is 12.1 Å². The van der Waals surface area contributed by atoms with Crippen molar-refractivity contribution in [1.29, 1.82) is 0 Å². The van der Waals surface area contributed by atoms with E-state index in [1.807, 2.05) is 55.4 Å². The molecule has 0 aliphatic carbocycles. The Bertz CT molecular complexity index is 584. The lowest BCUT2D eigenvalue weighted by atomic mass is 10.0. The van der Waals surface area contributed by atoms with Crippen molar-refractivity contribution in [1.82, 2.24) is 0 Å². The van der Waals surface area contributed by atoms with E-state index < -0.39 is 0 Å². The molecule has 2 N–H and O–H groups in total. The molecule has 0 radical (unpaired) electrons. The Labute approximate surface area is 134 Å². The van der Waals surface area contributed by atoms with E-state index in [0.717, 1.165) is 44.5 Å². The van der Waals surface area contributed by atoms with E-state index in [0.29, 0.717) is 11.5 Å². The van der Waals surface area contributed by atoms with Crippen LogP contribution in [0.25, 0.3) is 0 Å². The van der Waals surface area contributed by atoms with Crippen LogP contribution in [-0.2, 0) is 0 Å². The van der Waals surface area contributed by atoms with E-state index in [1.54, 1.807) is 0 Å². The lowest BCUT2D eigenvalue weighted by Gasteiger charge is -2.08. The minimum atomic E-state index is 0.447. The van der Waals surface area contributed by atoms with Gasteiger partial charge in [0, 0.05) is 0 Å². The van der Waals surface area contributed by atoms with Gasteiger partial charge in [0.25, 0.3) is 0 Å². The molecule has 0 bridgehead atoms. The van der Waals surface area contributed by atoms with Crippen LogP contribution in [-0.4, -0.2) is 10.2 Å². The molecule has 2 rings (SSSR count). The highest BCUT2D eigenvalue weighted by Gasteiger charge is 2.06. The van der Waals surface area contributed by atoms with Gasteiger partial charge in [-0.25, -0.2) is 0 Å². The SMILES string of the molecule is Cc1cc(C)c(C)c(O)c1C.Cc1cc(C)c(C)c(O)c1C. The summed E-state index contributed by atoms with van der Waals surface area (Å²) in [5.74, 6) is 0.894. The molecule has 0 unspecified atom stereocenters. The zero-order chi connectivity index (χ0) is 17.2. The average molecular weight is 300 g/mol. The van der Waals surface area contributed by atoms with E-state index in [1.165, 1.54) is 0 Å². The number of benzene rings is 2. The molecule has 0 saturated carbocycles. The second-order valence-electron chi connectivity index (χ2n) is 6.22. The molecule has 2 nitrogen and oxygen atoms in total. The van der Waals surface area contributed by atoms with Gasteiger partial charge in [-0.1, -0.05) is 12.1 Å². The number of hydrogen-bond acceptors (Lipinski definition) is 2. The fourth-order valence-corrected chi connectivity index (χ4v) is 2.39. The second-order valence-corrected chi connectivity index (χ2v) is 6.22. The van der Waals surface area contributed by atoms with Crippen molar-refractivity contribution < 1.29 is 10.2 Å². The summed E-state index contributed by atoms with van der Waals surface area (Å²) in [7, 11) is 0. The third-order valence-corrected chi connectivity index (χ3v) is 4.65. The van der Waals surface area contributed by atoms with E-state index >= 15 is 0 Å². The van der Waals surface area contributed by atoms with E-state index in [-0.39, 0.29) is 0 Å². The zero-order valence-corrected chi connectivity index (χ0v) is 15.0. The molecule has 2 aromatic carbocycles. The van der Waals surface area contributed by atoms with E-state index in [9.17, 15) is 10.2 Å². The minimum absolute atomic E-state index is 0.447. The summed E-state index contributed by atoms with van der Waals surface area (Å²) in [6, 6.07) is 4.20. The molecule has 22 heavy (non-hydrogen) atoms. The summed E-state index contributed by atoms with van der Waals surface area (Å²) >= 11 is 0. The molecule has 0 heterocycles. The van der Waals surface area contributed by atoms with Crippen LogP contribution >= 0.6 is 0 Å². The largest absolute Gasteiger partial charge is 0.507 e. The summed E-state index contributed by atoms with van der Waals surface area (Å²) in [6.07, 6.45) is 0. The van der Waals surface area contributed by atoms with Gasteiger partial charge in [0.1, 0.15) is 11.5 Å². The molecule has 2 heteroatoms. The molecular weight excluding hydrogens is 272 g/mol. The quantitative estimate of drug-likeness (QED) is 0.697. The molecule has 0 aliphatic rings. The predicted octanol–water partition coefficient (Wildman–Crippen LogP) is 5.25. The average Bonchev–Trinajstić information content (AvgIpc) is 2.47. The Balaban J connectivity index is 0.000000220. The number of aromatic hydroxyl groups is 2. The van der Waals surface area contributed by atoms with Gasteiger partial charge in [0.2, 0.25) is 0 Å².